The van der Waals surface area contributed by atoms with E-state index in [0.717, 1.165) is 5.75 Å². The average Bonchev–Trinajstić information content (AvgIpc) is 2.35. The van der Waals surface area contributed by atoms with Gasteiger partial charge in [0.25, 0.3) is 0 Å². The van der Waals surface area contributed by atoms with E-state index >= 15 is 0 Å². The van der Waals surface area contributed by atoms with Gasteiger partial charge in [-0.2, -0.15) is 0 Å². The molecule has 1 atom stereocenters. The molecular formula is C16H19BrO. The molecule has 0 fully saturated rings. The van der Waals surface area contributed by atoms with Crippen molar-refractivity contribution < 1.29 is 4.74 Å². The SMILES string of the molecule is COc1ccc(C(Br)C(C)(C)C)c2ccccc12. The molecule has 0 aliphatic heterocycles. The highest BCUT2D eigenvalue weighted by Gasteiger charge is 2.25. The normalized spacial score (nSPS) is 13.6. The van der Waals surface area contributed by atoms with Crippen molar-refractivity contribution in [1.29, 1.82) is 0 Å². The number of rotatable bonds is 2. The largest absolute Gasteiger partial charge is 0.496 e. The van der Waals surface area contributed by atoms with E-state index in [2.05, 4.69) is 73.1 Å². The predicted molar refractivity (Wildman–Crippen MR) is 81.6 cm³/mol. The molecule has 0 aliphatic rings. The summed E-state index contributed by atoms with van der Waals surface area (Å²) < 4.78 is 5.43. The smallest absolute Gasteiger partial charge is 0.126 e. The molecule has 0 saturated carbocycles. The van der Waals surface area contributed by atoms with E-state index < -0.39 is 0 Å². The van der Waals surface area contributed by atoms with Crippen molar-refractivity contribution in [2.24, 2.45) is 5.41 Å². The Kier molecular flexibility index (Phi) is 3.67. The quantitative estimate of drug-likeness (QED) is 0.681. The van der Waals surface area contributed by atoms with Gasteiger partial charge in [-0.3, -0.25) is 0 Å². The van der Waals surface area contributed by atoms with Crippen LogP contribution in [0.3, 0.4) is 0 Å². The van der Waals surface area contributed by atoms with Crippen LogP contribution in [0.15, 0.2) is 36.4 Å². The summed E-state index contributed by atoms with van der Waals surface area (Å²) in [6.07, 6.45) is 0. The minimum absolute atomic E-state index is 0.178. The van der Waals surface area contributed by atoms with Crippen LogP contribution in [-0.4, -0.2) is 7.11 Å². The molecule has 0 aliphatic carbocycles. The first-order valence-corrected chi connectivity index (χ1v) is 7.06. The lowest BCUT2D eigenvalue weighted by Gasteiger charge is -2.27. The Bertz CT molecular complexity index is 555. The van der Waals surface area contributed by atoms with E-state index in [4.69, 9.17) is 4.74 Å². The lowest BCUT2D eigenvalue weighted by Crippen LogP contribution is -2.13. The highest BCUT2D eigenvalue weighted by atomic mass is 79.9. The second kappa shape index (κ2) is 4.93. The third-order valence-corrected chi connectivity index (χ3v) is 5.04. The number of alkyl halides is 1. The van der Waals surface area contributed by atoms with Crippen LogP contribution >= 0.6 is 15.9 Å². The molecule has 0 spiro atoms. The second-order valence-electron chi connectivity index (χ2n) is 5.63. The molecular weight excluding hydrogens is 288 g/mol. The summed E-state index contributed by atoms with van der Waals surface area (Å²) in [6, 6.07) is 12.6. The van der Waals surface area contributed by atoms with E-state index in [0.29, 0.717) is 4.83 Å². The Balaban J connectivity index is 2.67. The maximum Gasteiger partial charge on any atom is 0.126 e. The number of halogens is 1. The molecule has 2 aromatic rings. The van der Waals surface area contributed by atoms with Gasteiger partial charge in [0.1, 0.15) is 5.75 Å². The molecule has 0 heterocycles. The highest BCUT2D eigenvalue weighted by Crippen LogP contribution is 2.44. The van der Waals surface area contributed by atoms with Crippen LogP contribution in [0.5, 0.6) is 5.75 Å². The number of fused-ring (bicyclic) bond motifs is 1. The maximum atomic E-state index is 5.43. The van der Waals surface area contributed by atoms with Crippen LogP contribution in [-0.2, 0) is 0 Å². The van der Waals surface area contributed by atoms with Crippen LogP contribution in [0.4, 0.5) is 0 Å². The van der Waals surface area contributed by atoms with E-state index in [1.54, 1.807) is 7.11 Å². The van der Waals surface area contributed by atoms with Gasteiger partial charge in [-0.05, 0) is 22.4 Å². The minimum atomic E-state index is 0.178. The molecule has 2 heteroatoms. The first-order chi connectivity index (χ1) is 8.45. The number of hydrogen-bond acceptors (Lipinski definition) is 1. The highest BCUT2D eigenvalue weighted by molar-refractivity contribution is 9.09. The Morgan fingerprint density at radius 2 is 1.61 bits per heavy atom. The number of methoxy groups -OCH3 is 1. The van der Waals surface area contributed by atoms with E-state index in [9.17, 15) is 0 Å². The van der Waals surface area contributed by atoms with Crippen LogP contribution in [0, 0.1) is 5.41 Å². The second-order valence-corrected chi connectivity index (χ2v) is 6.55. The van der Waals surface area contributed by atoms with Crippen molar-refractivity contribution in [3.05, 3.63) is 42.0 Å². The molecule has 1 unspecified atom stereocenters. The summed E-state index contributed by atoms with van der Waals surface area (Å²) in [7, 11) is 1.72. The zero-order valence-electron chi connectivity index (χ0n) is 11.3. The number of benzene rings is 2. The van der Waals surface area contributed by atoms with Crippen molar-refractivity contribution in [3.8, 4) is 5.75 Å². The zero-order valence-corrected chi connectivity index (χ0v) is 12.9. The van der Waals surface area contributed by atoms with E-state index in [-0.39, 0.29) is 5.41 Å². The Labute approximate surface area is 117 Å². The molecule has 0 amide bonds. The monoisotopic (exact) mass is 306 g/mol. The van der Waals surface area contributed by atoms with Crippen molar-refractivity contribution in [2.75, 3.05) is 7.11 Å². The van der Waals surface area contributed by atoms with Crippen LogP contribution in [0.1, 0.15) is 31.2 Å². The lowest BCUT2D eigenvalue weighted by molar-refractivity contribution is 0.407. The molecule has 1 nitrogen and oxygen atoms in total. The zero-order chi connectivity index (χ0) is 13.3. The van der Waals surface area contributed by atoms with Gasteiger partial charge in [0.15, 0.2) is 0 Å². The third kappa shape index (κ3) is 2.39. The van der Waals surface area contributed by atoms with Crippen molar-refractivity contribution in [1.82, 2.24) is 0 Å². The fraction of sp³-hybridized carbons (Fsp3) is 0.375. The standard InChI is InChI=1S/C16H19BrO/c1-16(2,3)15(17)13-9-10-14(18-4)12-8-6-5-7-11(12)13/h5-10,15H,1-4H3. The molecule has 0 bridgehead atoms. The molecule has 18 heavy (non-hydrogen) atoms. The molecule has 96 valence electrons. The summed E-state index contributed by atoms with van der Waals surface area (Å²) >= 11 is 3.83. The third-order valence-electron chi connectivity index (χ3n) is 3.17. The van der Waals surface area contributed by atoms with Crippen LogP contribution < -0.4 is 4.74 Å². The van der Waals surface area contributed by atoms with E-state index in [1.807, 2.05) is 0 Å². The minimum Gasteiger partial charge on any atom is -0.496 e. The van der Waals surface area contributed by atoms with Crippen molar-refractivity contribution in [3.63, 3.8) is 0 Å². The summed E-state index contributed by atoms with van der Waals surface area (Å²) in [4.78, 5) is 0.320. The molecule has 0 N–H and O–H groups in total. The summed E-state index contributed by atoms with van der Waals surface area (Å²) in [5, 5.41) is 2.43. The Morgan fingerprint density at radius 1 is 1.00 bits per heavy atom. The van der Waals surface area contributed by atoms with Crippen molar-refractivity contribution in [2.45, 2.75) is 25.6 Å². The van der Waals surface area contributed by atoms with Gasteiger partial charge in [-0.15, -0.1) is 0 Å². The topological polar surface area (TPSA) is 9.23 Å². The number of ether oxygens (including phenoxy) is 1. The Hall–Kier alpha value is -1.02. The molecule has 0 radical (unpaired) electrons. The fourth-order valence-electron chi connectivity index (χ4n) is 2.16. The maximum absolute atomic E-state index is 5.43. The summed E-state index contributed by atoms with van der Waals surface area (Å²) in [5.74, 6) is 0.933. The summed E-state index contributed by atoms with van der Waals surface area (Å²) in [6.45, 7) is 6.72. The molecule has 0 aromatic heterocycles. The van der Waals surface area contributed by atoms with Gasteiger partial charge in [-0.25, -0.2) is 0 Å². The van der Waals surface area contributed by atoms with Gasteiger partial charge in [0, 0.05) is 10.2 Å². The van der Waals surface area contributed by atoms with Gasteiger partial charge < -0.3 is 4.74 Å². The molecule has 0 saturated heterocycles. The predicted octanol–water partition coefficient (Wildman–Crippen LogP) is 5.33. The van der Waals surface area contributed by atoms with Gasteiger partial charge in [0.05, 0.1) is 7.11 Å². The Morgan fingerprint density at radius 3 is 2.17 bits per heavy atom. The van der Waals surface area contributed by atoms with Crippen molar-refractivity contribution >= 4 is 26.7 Å². The first-order valence-electron chi connectivity index (χ1n) is 6.15. The number of hydrogen-bond donors (Lipinski definition) is 0. The van der Waals surface area contributed by atoms with Crippen LogP contribution in [0.2, 0.25) is 0 Å². The summed E-state index contributed by atoms with van der Waals surface area (Å²) in [5.41, 5.74) is 1.50. The lowest BCUT2D eigenvalue weighted by atomic mass is 9.86. The average molecular weight is 307 g/mol. The van der Waals surface area contributed by atoms with Gasteiger partial charge in [0.2, 0.25) is 0 Å². The molecule has 2 rings (SSSR count). The molecule has 2 aromatic carbocycles. The van der Waals surface area contributed by atoms with Gasteiger partial charge in [-0.1, -0.05) is 67.0 Å². The first kappa shape index (κ1) is 13.4. The fourth-order valence-corrected chi connectivity index (χ4v) is 2.56. The van der Waals surface area contributed by atoms with E-state index in [1.165, 1.54) is 16.3 Å². The van der Waals surface area contributed by atoms with Gasteiger partial charge >= 0.3 is 0 Å². The van der Waals surface area contributed by atoms with Crippen LogP contribution in [0.25, 0.3) is 10.8 Å².